The van der Waals surface area contributed by atoms with E-state index in [1.54, 1.807) is 13.8 Å². The number of urea groups is 1. The summed E-state index contributed by atoms with van der Waals surface area (Å²) in [6, 6.07) is 6.24. The molecule has 0 saturated heterocycles. The first-order valence-electron chi connectivity index (χ1n) is 8.16. The zero-order valence-electron chi connectivity index (χ0n) is 14.5. The van der Waals surface area contributed by atoms with Crippen molar-refractivity contribution in [1.29, 1.82) is 0 Å². The maximum absolute atomic E-state index is 12.5. The highest BCUT2D eigenvalue weighted by molar-refractivity contribution is 5.96. The van der Waals surface area contributed by atoms with E-state index >= 15 is 0 Å². The first-order chi connectivity index (χ1) is 12.0. The Morgan fingerprint density at radius 1 is 1.08 bits per heavy atom. The Kier molecular flexibility index (Phi) is 6.16. The third-order valence-electron chi connectivity index (χ3n) is 3.69. The van der Waals surface area contributed by atoms with Crippen LogP contribution in [-0.2, 0) is 19.1 Å². The largest absolute Gasteiger partial charge is 0.466 e. The van der Waals surface area contributed by atoms with Crippen molar-refractivity contribution in [2.24, 2.45) is 0 Å². The first kappa shape index (κ1) is 18.5. The fraction of sp³-hybridized carbons (Fsp3) is 0.389. The Hall–Kier alpha value is -2.83. The number of rotatable bonds is 6. The third kappa shape index (κ3) is 4.59. The van der Waals surface area contributed by atoms with Crippen molar-refractivity contribution in [2.75, 3.05) is 13.2 Å². The summed E-state index contributed by atoms with van der Waals surface area (Å²) >= 11 is 0. The van der Waals surface area contributed by atoms with Gasteiger partial charge in [-0.25, -0.2) is 9.59 Å². The highest BCUT2D eigenvalue weighted by Crippen LogP contribution is 2.29. The summed E-state index contributed by atoms with van der Waals surface area (Å²) in [4.78, 5) is 36.4. The van der Waals surface area contributed by atoms with E-state index in [1.807, 2.05) is 31.2 Å². The highest BCUT2D eigenvalue weighted by Gasteiger charge is 2.34. The highest BCUT2D eigenvalue weighted by atomic mass is 16.5. The van der Waals surface area contributed by atoms with Crippen molar-refractivity contribution in [1.82, 2.24) is 10.6 Å². The predicted molar refractivity (Wildman–Crippen MR) is 90.5 cm³/mol. The number of esters is 2. The Bertz CT molecular complexity index is 694. The van der Waals surface area contributed by atoms with Gasteiger partial charge in [0.15, 0.2) is 0 Å². The van der Waals surface area contributed by atoms with Crippen LogP contribution in [0.5, 0.6) is 0 Å². The van der Waals surface area contributed by atoms with Gasteiger partial charge in [0, 0.05) is 5.70 Å². The summed E-state index contributed by atoms with van der Waals surface area (Å²) in [5.41, 5.74) is 2.19. The molecule has 2 N–H and O–H groups in total. The molecule has 0 aliphatic carbocycles. The summed E-state index contributed by atoms with van der Waals surface area (Å²) in [7, 11) is 0. The molecule has 1 heterocycles. The van der Waals surface area contributed by atoms with Crippen LogP contribution in [0.25, 0.3) is 0 Å². The fourth-order valence-corrected chi connectivity index (χ4v) is 2.57. The second kappa shape index (κ2) is 8.32. The molecule has 25 heavy (non-hydrogen) atoms. The van der Waals surface area contributed by atoms with E-state index in [0.29, 0.717) is 0 Å². The minimum absolute atomic E-state index is 0.184. The molecular formula is C18H22N2O5. The van der Waals surface area contributed by atoms with E-state index in [-0.39, 0.29) is 30.9 Å². The number of amides is 2. The van der Waals surface area contributed by atoms with Gasteiger partial charge in [0.2, 0.25) is 0 Å². The van der Waals surface area contributed by atoms with Crippen LogP contribution < -0.4 is 10.6 Å². The van der Waals surface area contributed by atoms with Crippen molar-refractivity contribution in [3.8, 4) is 0 Å². The number of carbonyl (C=O) groups is 3. The number of hydrogen-bond acceptors (Lipinski definition) is 5. The van der Waals surface area contributed by atoms with Crippen molar-refractivity contribution in [2.45, 2.75) is 33.2 Å². The molecule has 1 atom stereocenters. The molecule has 134 valence electrons. The van der Waals surface area contributed by atoms with Gasteiger partial charge in [-0.2, -0.15) is 0 Å². The SMILES string of the molecule is CCOC(=O)CC1=C(C(=O)OCC)C(c2ccc(C)cc2)NC(=O)N1. The summed E-state index contributed by atoms with van der Waals surface area (Å²) in [5, 5.41) is 5.25. The molecule has 0 aromatic heterocycles. The maximum Gasteiger partial charge on any atom is 0.338 e. The number of hydrogen-bond donors (Lipinski definition) is 2. The molecule has 1 aromatic carbocycles. The minimum Gasteiger partial charge on any atom is -0.466 e. The van der Waals surface area contributed by atoms with Crippen LogP contribution in [0.1, 0.15) is 37.4 Å². The molecule has 0 bridgehead atoms. The molecule has 2 amide bonds. The smallest absolute Gasteiger partial charge is 0.338 e. The third-order valence-corrected chi connectivity index (χ3v) is 3.69. The number of carbonyl (C=O) groups excluding carboxylic acids is 3. The van der Waals surface area contributed by atoms with Crippen molar-refractivity contribution in [3.05, 3.63) is 46.7 Å². The molecule has 7 heteroatoms. The average Bonchev–Trinajstić information content (AvgIpc) is 2.55. The normalized spacial score (nSPS) is 16.8. The van der Waals surface area contributed by atoms with Crippen LogP contribution >= 0.6 is 0 Å². The quantitative estimate of drug-likeness (QED) is 0.770. The molecule has 1 aromatic rings. The molecule has 1 unspecified atom stereocenters. The van der Waals surface area contributed by atoms with Crippen LogP contribution in [0.2, 0.25) is 0 Å². The summed E-state index contributed by atoms with van der Waals surface area (Å²) in [6.07, 6.45) is -0.211. The van der Waals surface area contributed by atoms with Gasteiger partial charge < -0.3 is 20.1 Å². The van der Waals surface area contributed by atoms with E-state index in [2.05, 4.69) is 10.6 Å². The average molecular weight is 346 g/mol. The van der Waals surface area contributed by atoms with Gasteiger partial charge in [-0.15, -0.1) is 0 Å². The Labute approximate surface area is 146 Å². The minimum atomic E-state index is -0.696. The molecule has 1 aliphatic heterocycles. The molecule has 1 aliphatic rings. The van der Waals surface area contributed by atoms with Gasteiger partial charge >= 0.3 is 18.0 Å². The lowest BCUT2D eigenvalue weighted by Crippen LogP contribution is -2.46. The summed E-state index contributed by atoms with van der Waals surface area (Å²) in [5.74, 6) is -1.11. The monoisotopic (exact) mass is 346 g/mol. The van der Waals surface area contributed by atoms with Crippen LogP contribution in [0.4, 0.5) is 4.79 Å². The summed E-state index contributed by atoms with van der Waals surface area (Å²) < 4.78 is 10.1. The van der Waals surface area contributed by atoms with Gasteiger partial charge in [-0.05, 0) is 26.3 Å². The van der Waals surface area contributed by atoms with E-state index in [0.717, 1.165) is 11.1 Å². The lowest BCUT2D eigenvalue weighted by molar-refractivity contribution is -0.142. The molecule has 7 nitrogen and oxygen atoms in total. The van der Waals surface area contributed by atoms with Gasteiger partial charge in [0.05, 0.1) is 31.2 Å². The second-order valence-corrected chi connectivity index (χ2v) is 5.54. The van der Waals surface area contributed by atoms with Crippen LogP contribution in [0.3, 0.4) is 0 Å². The predicted octanol–water partition coefficient (Wildman–Crippen LogP) is 2.12. The van der Waals surface area contributed by atoms with Crippen molar-refractivity contribution in [3.63, 3.8) is 0 Å². The molecule has 0 fully saturated rings. The topological polar surface area (TPSA) is 93.7 Å². The summed E-state index contributed by atoms with van der Waals surface area (Å²) in [6.45, 7) is 5.73. The zero-order chi connectivity index (χ0) is 18.4. The molecule has 2 rings (SSSR count). The van der Waals surface area contributed by atoms with Crippen molar-refractivity contribution < 1.29 is 23.9 Å². The second-order valence-electron chi connectivity index (χ2n) is 5.54. The van der Waals surface area contributed by atoms with Crippen molar-refractivity contribution >= 4 is 18.0 Å². The van der Waals surface area contributed by atoms with Crippen LogP contribution in [0, 0.1) is 6.92 Å². The molecule has 0 radical (unpaired) electrons. The molecular weight excluding hydrogens is 324 g/mol. The van der Waals surface area contributed by atoms with E-state index < -0.39 is 24.0 Å². The van der Waals surface area contributed by atoms with Crippen LogP contribution in [0.15, 0.2) is 35.5 Å². The standard InChI is InChI=1S/C18H22N2O5/c1-4-24-14(21)10-13-15(17(22)25-5-2)16(20-18(23)19-13)12-8-6-11(3)7-9-12/h6-9,16H,4-5,10H2,1-3H3,(H2,19,20,23). The number of aryl methyl sites for hydroxylation is 1. The Balaban J connectivity index is 2.46. The lowest BCUT2D eigenvalue weighted by atomic mass is 9.93. The molecule has 0 spiro atoms. The Morgan fingerprint density at radius 2 is 1.72 bits per heavy atom. The first-order valence-corrected chi connectivity index (χ1v) is 8.16. The fourth-order valence-electron chi connectivity index (χ4n) is 2.57. The Morgan fingerprint density at radius 3 is 2.32 bits per heavy atom. The van der Waals surface area contributed by atoms with E-state index in [4.69, 9.17) is 9.47 Å². The zero-order valence-corrected chi connectivity index (χ0v) is 14.5. The van der Waals surface area contributed by atoms with E-state index in [1.165, 1.54) is 0 Å². The number of ether oxygens (including phenoxy) is 2. The van der Waals surface area contributed by atoms with Gasteiger partial charge in [0.1, 0.15) is 0 Å². The number of nitrogens with one attached hydrogen (secondary N) is 2. The van der Waals surface area contributed by atoms with Crippen LogP contribution in [-0.4, -0.2) is 31.2 Å². The number of benzene rings is 1. The van der Waals surface area contributed by atoms with Gasteiger partial charge in [-0.1, -0.05) is 29.8 Å². The maximum atomic E-state index is 12.5. The lowest BCUT2D eigenvalue weighted by Gasteiger charge is -2.29. The molecule has 0 saturated carbocycles. The van der Waals surface area contributed by atoms with Gasteiger partial charge in [0.25, 0.3) is 0 Å². The van der Waals surface area contributed by atoms with Gasteiger partial charge in [-0.3, -0.25) is 4.79 Å². The van der Waals surface area contributed by atoms with E-state index in [9.17, 15) is 14.4 Å².